The quantitative estimate of drug-likeness (QED) is 0.853. The third-order valence-corrected chi connectivity index (χ3v) is 3.81. The summed E-state index contributed by atoms with van der Waals surface area (Å²) in [7, 11) is 2.06. The van der Waals surface area contributed by atoms with Crippen LogP contribution in [0.4, 0.5) is 0 Å². The zero-order valence-corrected chi connectivity index (χ0v) is 10.8. The molecule has 17 heavy (non-hydrogen) atoms. The van der Waals surface area contributed by atoms with Crippen LogP contribution in [0, 0.1) is 0 Å². The molecule has 1 aliphatic heterocycles. The lowest BCUT2D eigenvalue weighted by Crippen LogP contribution is -2.41. The van der Waals surface area contributed by atoms with Crippen molar-refractivity contribution < 1.29 is 0 Å². The highest BCUT2D eigenvalue weighted by atomic mass is 15.2. The Labute approximate surface area is 104 Å². The van der Waals surface area contributed by atoms with Crippen molar-refractivity contribution >= 4 is 0 Å². The Morgan fingerprint density at radius 3 is 3.00 bits per heavy atom. The molecule has 0 aromatic carbocycles. The Morgan fingerprint density at radius 2 is 2.29 bits per heavy atom. The van der Waals surface area contributed by atoms with E-state index in [-0.39, 0.29) is 0 Å². The van der Waals surface area contributed by atoms with Gasteiger partial charge in [-0.1, -0.05) is 12.8 Å². The van der Waals surface area contributed by atoms with Crippen molar-refractivity contribution in [3.05, 3.63) is 18.2 Å². The molecule has 96 valence electrons. The molecule has 0 amide bonds. The summed E-state index contributed by atoms with van der Waals surface area (Å²) in [4.78, 5) is 6.94. The molecule has 0 radical (unpaired) electrons. The highest BCUT2D eigenvalue weighted by Crippen LogP contribution is 2.16. The third kappa shape index (κ3) is 3.30. The second-order valence-electron chi connectivity index (χ2n) is 4.98. The highest BCUT2D eigenvalue weighted by molar-refractivity contribution is 4.92. The molecule has 1 aromatic rings. The number of aromatic nitrogens is 2. The highest BCUT2D eigenvalue weighted by Gasteiger charge is 2.19. The predicted octanol–water partition coefficient (Wildman–Crippen LogP) is 1.17. The second-order valence-corrected chi connectivity index (χ2v) is 4.98. The molecule has 4 heteroatoms. The van der Waals surface area contributed by atoms with Gasteiger partial charge < -0.3 is 10.3 Å². The van der Waals surface area contributed by atoms with Gasteiger partial charge in [-0.2, -0.15) is 0 Å². The summed E-state index contributed by atoms with van der Waals surface area (Å²) < 4.78 is 2.11. The van der Waals surface area contributed by atoms with Crippen molar-refractivity contribution in [2.45, 2.75) is 38.1 Å². The molecular formula is C13H24N4. The topological polar surface area (TPSA) is 47.1 Å². The molecule has 1 atom stereocenters. The predicted molar refractivity (Wildman–Crippen MR) is 69.8 cm³/mol. The van der Waals surface area contributed by atoms with Gasteiger partial charge in [-0.25, -0.2) is 4.98 Å². The van der Waals surface area contributed by atoms with E-state index >= 15 is 0 Å². The Kier molecular flexibility index (Phi) is 4.57. The number of aryl methyl sites for hydroxylation is 1. The van der Waals surface area contributed by atoms with Gasteiger partial charge in [-0.05, 0) is 19.4 Å². The number of rotatable bonds is 4. The molecule has 0 spiro atoms. The zero-order valence-electron chi connectivity index (χ0n) is 10.8. The van der Waals surface area contributed by atoms with Gasteiger partial charge in [0.25, 0.3) is 0 Å². The maximum absolute atomic E-state index is 5.88. The first-order valence-corrected chi connectivity index (χ1v) is 6.71. The SMILES string of the molecule is Cn1ccnc1CCN1CCCCCC1CN. The van der Waals surface area contributed by atoms with E-state index in [1.807, 2.05) is 12.4 Å². The van der Waals surface area contributed by atoms with Crippen LogP contribution in [-0.2, 0) is 13.5 Å². The molecule has 1 saturated heterocycles. The monoisotopic (exact) mass is 236 g/mol. The Bertz CT molecular complexity index is 334. The smallest absolute Gasteiger partial charge is 0.109 e. The maximum atomic E-state index is 5.88. The number of hydrogen-bond donors (Lipinski definition) is 1. The van der Waals surface area contributed by atoms with Crippen LogP contribution in [0.5, 0.6) is 0 Å². The molecule has 4 nitrogen and oxygen atoms in total. The van der Waals surface area contributed by atoms with Crippen LogP contribution in [0.25, 0.3) is 0 Å². The van der Waals surface area contributed by atoms with Gasteiger partial charge in [-0.15, -0.1) is 0 Å². The van der Waals surface area contributed by atoms with E-state index in [4.69, 9.17) is 5.73 Å². The van der Waals surface area contributed by atoms with Crippen molar-refractivity contribution in [3.8, 4) is 0 Å². The molecule has 0 saturated carbocycles. The van der Waals surface area contributed by atoms with Gasteiger partial charge in [0.2, 0.25) is 0 Å². The van der Waals surface area contributed by atoms with E-state index in [1.54, 1.807) is 0 Å². The minimum atomic E-state index is 0.581. The van der Waals surface area contributed by atoms with Crippen molar-refractivity contribution in [3.63, 3.8) is 0 Å². The molecule has 1 fully saturated rings. The van der Waals surface area contributed by atoms with Crippen molar-refractivity contribution in [1.29, 1.82) is 0 Å². The average molecular weight is 236 g/mol. The first kappa shape index (κ1) is 12.6. The fourth-order valence-electron chi connectivity index (χ4n) is 2.68. The summed E-state index contributed by atoms with van der Waals surface area (Å²) in [5.74, 6) is 1.17. The van der Waals surface area contributed by atoms with E-state index in [0.717, 1.165) is 19.5 Å². The standard InChI is InChI=1S/C13H24N4/c1-16-10-7-15-13(16)6-9-17-8-4-2-3-5-12(17)11-14/h7,10,12H,2-6,8-9,11,14H2,1H3. The zero-order chi connectivity index (χ0) is 12.1. The average Bonchev–Trinajstić information content (AvgIpc) is 2.63. The van der Waals surface area contributed by atoms with Gasteiger partial charge >= 0.3 is 0 Å². The summed E-state index contributed by atoms with van der Waals surface area (Å²) in [5.41, 5.74) is 5.88. The van der Waals surface area contributed by atoms with E-state index in [1.165, 1.54) is 38.1 Å². The lowest BCUT2D eigenvalue weighted by Gasteiger charge is -2.28. The Hall–Kier alpha value is -0.870. The van der Waals surface area contributed by atoms with Crippen LogP contribution in [-0.4, -0.2) is 40.1 Å². The molecule has 1 aliphatic rings. The van der Waals surface area contributed by atoms with Crippen LogP contribution in [0.15, 0.2) is 12.4 Å². The lowest BCUT2D eigenvalue weighted by atomic mass is 10.1. The van der Waals surface area contributed by atoms with Crippen LogP contribution < -0.4 is 5.73 Å². The summed E-state index contributed by atoms with van der Waals surface area (Å²) >= 11 is 0. The number of hydrogen-bond acceptors (Lipinski definition) is 3. The van der Waals surface area contributed by atoms with Crippen molar-refractivity contribution in [2.75, 3.05) is 19.6 Å². The summed E-state index contributed by atoms with van der Waals surface area (Å²) in [5, 5.41) is 0. The molecule has 2 N–H and O–H groups in total. The van der Waals surface area contributed by atoms with Gasteiger partial charge in [0.1, 0.15) is 5.82 Å². The molecule has 0 aliphatic carbocycles. The fourth-order valence-corrected chi connectivity index (χ4v) is 2.68. The molecule has 0 bridgehead atoms. The minimum absolute atomic E-state index is 0.581. The van der Waals surface area contributed by atoms with Crippen molar-refractivity contribution in [1.82, 2.24) is 14.5 Å². The lowest BCUT2D eigenvalue weighted by molar-refractivity contribution is 0.205. The molecule has 1 aromatic heterocycles. The van der Waals surface area contributed by atoms with E-state index in [9.17, 15) is 0 Å². The van der Waals surface area contributed by atoms with E-state index < -0.39 is 0 Å². The Balaban J connectivity index is 1.89. The van der Waals surface area contributed by atoms with Gasteiger partial charge in [0, 0.05) is 45.0 Å². The van der Waals surface area contributed by atoms with E-state index in [0.29, 0.717) is 6.04 Å². The molecule has 2 rings (SSSR count). The van der Waals surface area contributed by atoms with Crippen LogP contribution in [0.2, 0.25) is 0 Å². The largest absolute Gasteiger partial charge is 0.338 e. The molecule has 2 heterocycles. The number of imidazole rings is 1. The first-order valence-electron chi connectivity index (χ1n) is 6.71. The summed E-state index contributed by atoms with van der Waals surface area (Å²) in [6, 6.07) is 0.581. The molecular weight excluding hydrogens is 212 g/mol. The normalized spacial score (nSPS) is 22.6. The second kappa shape index (κ2) is 6.17. The minimum Gasteiger partial charge on any atom is -0.338 e. The number of likely N-dealkylation sites (tertiary alicyclic amines) is 1. The van der Waals surface area contributed by atoms with Gasteiger partial charge in [0.15, 0.2) is 0 Å². The fraction of sp³-hybridized carbons (Fsp3) is 0.769. The summed E-state index contributed by atoms with van der Waals surface area (Å²) in [6.07, 6.45) is 10.2. The number of nitrogens with two attached hydrogens (primary N) is 1. The van der Waals surface area contributed by atoms with Crippen LogP contribution >= 0.6 is 0 Å². The van der Waals surface area contributed by atoms with Crippen LogP contribution in [0.3, 0.4) is 0 Å². The Morgan fingerprint density at radius 1 is 1.41 bits per heavy atom. The number of nitrogens with zero attached hydrogens (tertiary/aromatic N) is 3. The van der Waals surface area contributed by atoms with E-state index in [2.05, 4.69) is 21.5 Å². The maximum Gasteiger partial charge on any atom is 0.109 e. The van der Waals surface area contributed by atoms with Crippen LogP contribution in [0.1, 0.15) is 31.5 Å². The van der Waals surface area contributed by atoms with Crippen molar-refractivity contribution in [2.24, 2.45) is 12.8 Å². The summed E-state index contributed by atoms with van der Waals surface area (Å²) in [6.45, 7) is 3.08. The third-order valence-electron chi connectivity index (χ3n) is 3.81. The molecule has 1 unspecified atom stereocenters. The first-order chi connectivity index (χ1) is 8.31. The van der Waals surface area contributed by atoms with Gasteiger partial charge in [-0.3, -0.25) is 4.90 Å². The van der Waals surface area contributed by atoms with Gasteiger partial charge in [0.05, 0.1) is 0 Å².